The van der Waals surface area contributed by atoms with E-state index in [1.54, 1.807) is 18.6 Å². The zero-order chi connectivity index (χ0) is 25.4. The molecule has 0 radical (unpaired) electrons. The van der Waals surface area contributed by atoms with Crippen LogP contribution in [0.4, 0.5) is 0 Å². The third-order valence-electron chi connectivity index (χ3n) is 6.33. The molecule has 1 N–H and O–H groups in total. The van der Waals surface area contributed by atoms with Crippen LogP contribution in [0.25, 0.3) is 16.6 Å². The fourth-order valence-corrected chi connectivity index (χ4v) is 7.10. The minimum atomic E-state index is -3.92. The molecule has 0 amide bonds. The van der Waals surface area contributed by atoms with Crippen LogP contribution in [0.1, 0.15) is 24.1 Å². The van der Waals surface area contributed by atoms with Gasteiger partial charge in [0.2, 0.25) is 10.0 Å². The maximum absolute atomic E-state index is 13.4. The third-order valence-corrected chi connectivity index (χ3v) is 9.23. The van der Waals surface area contributed by atoms with E-state index in [0.717, 1.165) is 16.8 Å². The van der Waals surface area contributed by atoms with Crippen LogP contribution in [0.15, 0.2) is 60.0 Å². The fourth-order valence-electron chi connectivity index (χ4n) is 4.55. The van der Waals surface area contributed by atoms with Gasteiger partial charge in [0.1, 0.15) is 22.8 Å². The number of hydrogen-bond acceptors (Lipinski definition) is 6. The Morgan fingerprint density at radius 3 is 2.81 bits per heavy atom. The van der Waals surface area contributed by atoms with E-state index in [-0.39, 0.29) is 23.1 Å². The maximum Gasteiger partial charge on any atom is 0.244 e. The van der Waals surface area contributed by atoms with Crippen molar-refractivity contribution in [1.82, 2.24) is 18.8 Å². The summed E-state index contributed by atoms with van der Waals surface area (Å²) in [5.74, 6) is 0.512. The Morgan fingerprint density at radius 1 is 1.22 bits per heavy atom. The van der Waals surface area contributed by atoms with E-state index in [1.807, 2.05) is 35.9 Å². The Kier molecular flexibility index (Phi) is 6.93. The molecule has 0 unspecified atom stereocenters. The SMILES string of the molecule is Cc1cc(-n2ccnc2)c2cccc(OCc3c(Cl)ccc(S(=O)(=O)N4CCC[C@H]4CO)c3Cl)c2n1. The second-order valence-corrected chi connectivity index (χ2v) is 11.3. The summed E-state index contributed by atoms with van der Waals surface area (Å²) in [4.78, 5) is 8.76. The lowest BCUT2D eigenvalue weighted by atomic mass is 10.1. The number of fused-ring (bicyclic) bond motifs is 1. The van der Waals surface area contributed by atoms with Crippen LogP contribution >= 0.6 is 23.2 Å². The highest BCUT2D eigenvalue weighted by Crippen LogP contribution is 2.36. The van der Waals surface area contributed by atoms with Crippen LogP contribution in [0.5, 0.6) is 5.75 Å². The summed E-state index contributed by atoms with van der Waals surface area (Å²) in [6.07, 6.45) is 6.56. The van der Waals surface area contributed by atoms with Gasteiger partial charge in [-0.3, -0.25) is 0 Å². The van der Waals surface area contributed by atoms with E-state index >= 15 is 0 Å². The average Bonchev–Trinajstić information content (AvgIpc) is 3.56. The number of benzene rings is 2. The number of aliphatic hydroxyl groups excluding tert-OH is 1. The van der Waals surface area contributed by atoms with E-state index in [9.17, 15) is 13.5 Å². The lowest BCUT2D eigenvalue weighted by molar-refractivity contribution is 0.213. The first-order chi connectivity index (χ1) is 17.3. The molecule has 0 bridgehead atoms. The highest BCUT2D eigenvalue weighted by Gasteiger charge is 2.36. The van der Waals surface area contributed by atoms with Gasteiger partial charge in [-0.25, -0.2) is 18.4 Å². The molecule has 11 heteroatoms. The van der Waals surface area contributed by atoms with Crippen LogP contribution in [-0.4, -0.2) is 51.6 Å². The van der Waals surface area contributed by atoms with Gasteiger partial charge in [-0.2, -0.15) is 4.31 Å². The van der Waals surface area contributed by atoms with Crippen molar-refractivity contribution in [3.63, 3.8) is 0 Å². The van der Waals surface area contributed by atoms with Crippen molar-refractivity contribution < 1.29 is 18.3 Å². The molecule has 1 fully saturated rings. The zero-order valence-electron chi connectivity index (χ0n) is 19.4. The van der Waals surface area contributed by atoms with Crippen LogP contribution in [-0.2, 0) is 16.6 Å². The third kappa shape index (κ3) is 4.46. The number of nitrogens with zero attached hydrogens (tertiary/aromatic N) is 4. The summed E-state index contributed by atoms with van der Waals surface area (Å²) >= 11 is 13.0. The number of sulfonamides is 1. The van der Waals surface area contributed by atoms with Gasteiger partial charge in [0.25, 0.3) is 0 Å². The van der Waals surface area contributed by atoms with Crippen molar-refractivity contribution in [2.75, 3.05) is 13.2 Å². The molecule has 1 saturated heterocycles. The Bertz CT molecular complexity index is 1530. The van der Waals surface area contributed by atoms with Crippen molar-refractivity contribution in [3.05, 3.63) is 76.4 Å². The fraction of sp³-hybridized carbons (Fsp3) is 0.280. The Hall–Kier alpha value is -2.69. The van der Waals surface area contributed by atoms with Gasteiger partial charge in [-0.05, 0) is 44.0 Å². The molecule has 1 atom stereocenters. The van der Waals surface area contributed by atoms with Crippen LogP contribution in [0.3, 0.4) is 0 Å². The van der Waals surface area contributed by atoms with Crippen molar-refractivity contribution in [1.29, 1.82) is 0 Å². The van der Waals surface area contributed by atoms with Gasteiger partial charge < -0.3 is 14.4 Å². The first-order valence-electron chi connectivity index (χ1n) is 11.4. The molecule has 36 heavy (non-hydrogen) atoms. The molecule has 3 heterocycles. The molecule has 8 nitrogen and oxygen atoms in total. The minimum absolute atomic E-state index is 0.00886. The number of imidazole rings is 1. The van der Waals surface area contributed by atoms with Crippen LogP contribution in [0, 0.1) is 6.92 Å². The molecule has 1 aliphatic rings. The maximum atomic E-state index is 13.4. The van der Waals surface area contributed by atoms with E-state index in [1.165, 1.54) is 16.4 Å². The van der Waals surface area contributed by atoms with E-state index in [2.05, 4.69) is 9.97 Å². The van der Waals surface area contributed by atoms with Crippen LogP contribution < -0.4 is 4.74 Å². The lowest BCUT2D eigenvalue weighted by Gasteiger charge is -2.23. The predicted octanol–water partition coefficient (Wildman–Crippen LogP) is 4.76. The van der Waals surface area contributed by atoms with E-state index in [4.69, 9.17) is 27.9 Å². The summed E-state index contributed by atoms with van der Waals surface area (Å²) in [5.41, 5.74) is 2.72. The van der Waals surface area contributed by atoms with E-state index in [0.29, 0.717) is 41.2 Å². The highest BCUT2D eigenvalue weighted by molar-refractivity contribution is 7.89. The molecular weight excluding hydrogens is 523 g/mol. The van der Waals surface area contributed by atoms with Gasteiger partial charge in [-0.15, -0.1) is 0 Å². The Balaban J connectivity index is 1.50. The number of para-hydroxylation sites is 1. The molecule has 0 spiro atoms. The number of aromatic nitrogens is 3. The number of ether oxygens (including phenoxy) is 1. The van der Waals surface area contributed by atoms with Gasteiger partial charge in [0.05, 0.1) is 23.6 Å². The Morgan fingerprint density at radius 2 is 2.06 bits per heavy atom. The predicted molar refractivity (Wildman–Crippen MR) is 138 cm³/mol. The molecule has 188 valence electrons. The molecule has 2 aromatic carbocycles. The average molecular weight is 547 g/mol. The molecule has 0 aliphatic carbocycles. The molecule has 0 saturated carbocycles. The van der Waals surface area contributed by atoms with Crippen molar-refractivity contribution in [2.24, 2.45) is 0 Å². The summed E-state index contributed by atoms with van der Waals surface area (Å²) in [6.45, 7) is 1.93. The number of pyridine rings is 1. The van der Waals surface area contributed by atoms with E-state index < -0.39 is 16.1 Å². The van der Waals surface area contributed by atoms with Crippen molar-refractivity contribution >= 4 is 44.1 Å². The number of aryl methyl sites for hydroxylation is 1. The van der Waals surface area contributed by atoms with Gasteiger partial charge >= 0.3 is 0 Å². The standard InChI is InChI=1S/C25H24Cl2N4O4S/c1-16-12-21(30-11-9-28-15-30)18-5-2-6-22(25(18)29-16)35-14-19-20(26)7-8-23(24(19)27)36(33,34)31-10-3-4-17(31)13-32/h2,5-9,11-12,15,17,32H,3-4,10,13-14H2,1H3/t17-/m0/s1. The molecular formula is C25H24Cl2N4O4S. The van der Waals surface area contributed by atoms with Crippen molar-refractivity contribution in [2.45, 2.75) is 37.3 Å². The molecule has 4 aromatic rings. The first kappa shape index (κ1) is 25.0. The zero-order valence-corrected chi connectivity index (χ0v) is 21.8. The summed E-state index contributed by atoms with van der Waals surface area (Å²) < 4.78 is 36.0. The van der Waals surface area contributed by atoms with Gasteiger partial charge in [-0.1, -0.05) is 35.3 Å². The second-order valence-electron chi connectivity index (χ2n) is 8.63. The molecule has 2 aromatic heterocycles. The Labute approximate surface area is 219 Å². The number of halogens is 2. The molecule has 1 aliphatic heterocycles. The highest BCUT2D eigenvalue weighted by atomic mass is 35.5. The normalized spacial score (nSPS) is 16.6. The summed E-state index contributed by atoms with van der Waals surface area (Å²) in [5, 5.41) is 10.8. The van der Waals surface area contributed by atoms with Gasteiger partial charge in [0.15, 0.2) is 0 Å². The minimum Gasteiger partial charge on any atom is -0.487 e. The number of rotatable bonds is 7. The monoisotopic (exact) mass is 546 g/mol. The smallest absolute Gasteiger partial charge is 0.244 e. The van der Waals surface area contributed by atoms with Gasteiger partial charge in [0, 0.05) is 46.6 Å². The second kappa shape index (κ2) is 9.99. The lowest BCUT2D eigenvalue weighted by Crippen LogP contribution is -2.37. The van der Waals surface area contributed by atoms with Crippen LogP contribution in [0.2, 0.25) is 10.0 Å². The van der Waals surface area contributed by atoms with Crippen molar-refractivity contribution in [3.8, 4) is 11.4 Å². The summed E-state index contributed by atoms with van der Waals surface area (Å²) in [7, 11) is -3.92. The largest absolute Gasteiger partial charge is 0.487 e. The summed E-state index contributed by atoms with van der Waals surface area (Å²) in [6, 6.07) is 10.0. The topological polar surface area (TPSA) is 97.6 Å². The first-order valence-corrected chi connectivity index (χ1v) is 13.6. The number of aliphatic hydroxyl groups is 1. The molecule has 5 rings (SSSR count). The quantitative estimate of drug-likeness (QED) is 0.359. The number of hydrogen-bond donors (Lipinski definition) is 1.